The Bertz CT molecular complexity index is 695. The first-order valence-corrected chi connectivity index (χ1v) is 7.16. The molecule has 0 aliphatic heterocycles. The van der Waals surface area contributed by atoms with Crippen LogP contribution in [0.3, 0.4) is 0 Å². The first-order valence-electron chi connectivity index (χ1n) is 7.16. The summed E-state index contributed by atoms with van der Waals surface area (Å²) < 4.78 is 0. The molecule has 0 amide bonds. The minimum atomic E-state index is -0.451. The highest BCUT2D eigenvalue weighted by atomic mass is 16.6. The molecule has 0 unspecified atom stereocenters. The number of rotatable bonds is 7. The monoisotopic (exact) mass is 302 g/mol. The van der Waals surface area contributed by atoms with E-state index in [1.807, 2.05) is 0 Å². The van der Waals surface area contributed by atoms with Gasteiger partial charge in [-0.25, -0.2) is 5.10 Å². The van der Waals surface area contributed by atoms with Crippen molar-refractivity contribution in [1.29, 1.82) is 0 Å². The molecule has 7 nitrogen and oxygen atoms in total. The number of nitro groups is 1. The zero-order chi connectivity index (χ0) is 15.9. The Morgan fingerprint density at radius 2 is 2.05 bits per heavy atom. The topological polar surface area (TPSA) is 101 Å². The Labute approximate surface area is 127 Å². The lowest BCUT2D eigenvalue weighted by atomic mass is 10.1. The Kier molecular flexibility index (Phi) is 5.37. The zero-order valence-corrected chi connectivity index (χ0v) is 12.3. The third kappa shape index (κ3) is 3.98. The van der Waals surface area contributed by atoms with Gasteiger partial charge < -0.3 is 5.32 Å². The molecule has 0 aliphatic carbocycles. The smallest absolute Gasteiger partial charge is 0.269 e. The molecule has 1 aromatic heterocycles. The van der Waals surface area contributed by atoms with E-state index < -0.39 is 4.92 Å². The molecule has 0 bridgehead atoms. The summed E-state index contributed by atoms with van der Waals surface area (Å²) in [5.74, 6) is 0. The predicted octanol–water partition coefficient (Wildman–Crippen LogP) is 2.23. The molecule has 0 atom stereocenters. The van der Waals surface area contributed by atoms with Crippen molar-refractivity contribution in [2.75, 3.05) is 6.54 Å². The van der Waals surface area contributed by atoms with Gasteiger partial charge in [0.1, 0.15) is 0 Å². The van der Waals surface area contributed by atoms with Crippen molar-refractivity contribution in [1.82, 2.24) is 15.5 Å². The molecule has 2 N–H and O–H groups in total. The van der Waals surface area contributed by atoms with E-state index in [1.165, 1.54) is 12.1 Å². The van der Waals surface area contributed by atoms with Gasteiger partial charge in [-0.05, 0) is 31.2 Å². The normalized spacial score (nSPS) is 10.6. The molecule has 7 heteroatoms. The fourth-order valence-corrected chi connectivity index (χ4v) is 2.00. The SMILES string of the molecule is CCCCNCc1cc(-c2ccc([N+](=O)[O-])cc2)n[nH]c1=O. The number of H-pyrrole nitrogens is 1. The van der Waals surface area contributed by atoms with Crippen molar-refractivity contribution >= 4 is 5.69 Å². The number of aromatic amines is 1. The molecule has 2 aromatic rings. The third-order valence-corrected chi connectivity index (χ3v) is 3.28. The van der Waals surface area contributed by atoms with Crippen LogP contribution in [0.4, 0.5) is 5.69 Å². The number of hydrogen-bond donors (Lipinski definition) is 2. The van der Waals surface area contributed by atoms with Gasteiger partial charge in [0.2, 0.25) is 0 Å². The fourth-order valence-electron chi connectivity index (χ4n) is 2.00. The summed E-state index contributed by atoms with van der Waals surface area (Å²) in [6, 6.07) is 7.78. The van der Waals surface area contributed by atoms with Crippen molar-refractivity contribution in [3.63, 3.8) is 0 Å². The molecule has 0 aliphatic rings. The van der Waals surface area contributed by atoms with Crippen LogP contribution in [-0.4, -0.2) is 21.7 Å². The second kappa shape index (κ2) is 7.46. The van der Waals surface area contributed by atoms with Crippen LogP contribution in [0.15, 0.2) is 35.1 Å². The average molecular weight is 302 g/mol. The van der Waals surface area contributed by atoms with E-state index in [0.717, 1.165) is 24.9 Å². The molecular formula is C15H18N4O3. The van der Waals surface area contributed by atoms with Gasteiger partial charge in [-0.1, -0.05) is 13.3 Å². The number of nitrogens with one attached hydrogen (secondary N) is 2. The Morgan fingerprint density at radius 3 is 2.68 bits per heavy atom. The third-order valence-electron chi connectivity index (χ3n) is 3.28. The first kappa shape index (κ1) is 15.8. The molecule has 0 saturated heterocycles. The van der Waals surface area contributed by atoms with Gasteiger partial charge in [-0.3, -0.25) is 14.9 Å². The summed E-state index contributed by atoms with van der Waals surface area (Å²) in [4.78, 5) is 22.0. The van der Waals surface area contributed by atoms with Crippen molar-refractivity contribution in [3.8, 4) is 11.3 Å². The number of nitro benzene ring substituents is 1. The van der Waals surface area contributed by atoms with Crippen molar-refractivity contribution < 1.29 is 4.92 Å². The molecule has 0 fully saturated rings. The number of non-ortho nitro benzene ring substituents is 1. The number of unbranched alkanes of at least 4 members (excludes halogenated alkanes) is 1. The number of hydrogen-bond acceptors (Lipinski definition) is 5. The lowest BCUT2D eigenvalue weighted by molar-refractivity contribution is -0.384. The quantitative estimate of drug-likeness (QED) is 0.464. The minimum absolute atomic E-state index is 0.0228. The Hall–Kier alpha value is -2.54. The molecule has 116 valence electrons. The zero-order valence-electron chi connectivity index (χ0n) is 12.3. The van der Waals surface area contributed by atoms with Crippen LogP contribution in [0.25, 0.3) is 11.3 Å². The van der Waals surface area contributed by atoms with Gasteiger partial charge in [0.05, 0.1) is 10.6 Å². The molecule has 22 heavy (non-hydrogen) atoms. The van der Waals surface area contributed by atoms with Crippen LogP contribution in [0.1, 0.15) is 25.3 Å². The van der Waals surface area contributed by atoms with Gasteiger partial charge in [-0.2, -0.15) is 5.10 Å². The Balaban J connectivity index is 2.17. The lowest BCUT2D eigenvalue weighted by Gasteiger charge is -2.05. The predicted molar refractivity (Wildman–Crippen MR) is 83.6 cm³/mol. The van der Waals surface area contributed by atoms with Crippen molar-refractivity contribution in [3.05, 3.63) is 56.4 Å². The molecule has 1 heterocycles. The van der Waals surface area contributed by atoms with E-state index in [0.29, 0.717) is 17.8 Å². The number of aromatic nitrogens is 2. The molecule has 0 spiro atoms. The largest absolute Gasteiger partial charge is 0.312 e. The van der Waals surface area contributed by atoms with Crippen molar-refractivity contribution in [2.24, 2.45) is 0 Å². The van der Waals surface area contributed by atoms with Crippen LogP contribution in [0.2, 0.25) is 0 Å². The maximum absolute atomic E-state index is 11.8. The van der Waals surface area contributed by atoms with Gasteiger partial charge in [-0.15, -0.1) is 0 Å². The summed E-state index contributed by atoms with van der Waals surface area (Å²) >= 11 is 0. The van der Waals surface area contributed by atoms with E-state index in [9.17, 15) is 14.9 Å². The lowest BCUT2D eigenvalue weighted by Crippen LogP contribution is -2.22. The van der Waals surface area contributed by atoms with Crippen molar-refractivity contribution in [2.45, 2.75) is 26.3 Å². The average Bonchev–Trinajstić information content (AvgIpc) is 2.53. The summed E-state index contributed by atoms with van der Waals surface area (Å²) in [5.41, 5.74) is 1.70. The molecule has 0 radical (unpaired) electrons. The Morgan fingerprint density at radius 1 is 1.32 bits per heavy atom. The maximum Gasteiger partial charge on any atom is 0.269 e. The summed E-state index contributed by atoms with van der Waals surface area (Å²) in [7, 11) is 0. The number of benzene rings is 1. The second-order valence-corrected chi connectivity index (χ2v) is 4.94. The highest BCUT2D eigenvalue weighted by molar-refractivity contribution is 5.60. The second-order valence-electron chi connectivity index (χ2n) is 4.94. The van der Waals surface area contributed by atoms with Crippen LogP contribution >= 0.6 is 0 Å². The van der Waals surface area contributed by atoms with E-state index in [2.05, 4.69) is 22.4 Å². The van der Waals surface area contributed by atoms with E-state index in [-0.39, 0.29) is 11.2 Å². The van der Waals surface area contributed by atoms with Crippen LogP contribution in [-0.2, 0) is 6.54 Å². The molecule has 0 saturated carbocycles. The molecular weight excluding hydrogens is 284 g/mol. The number of nitrogens with zero attached hydrogens (tertiary/aromatic N) is 2. The van der Waals surface area contributed by atoms with Gasteiger partial charge in [0, 0.05) is 29.8 Å². The van der Waals surface area contributed by atoms with Crippen LogP contribution in [0.5, 0.6) is 0 Å². The van der Waals surface area contributed by atoms with Crippen LogP contribution in [0, 0.1) is 10.1 Å². The summed E-state index contributed by atoms with van der Waals surface area (Å²) in [5, 5.41) is 20.3. The highest BCUT2D eigenvalue weighted by Gasteiger charge is 2.08. The molecule has 1 aromatic carbocycles. The maximum atomic E-state index is 11.8. The first-order chi connectivity index (χ1) is 10.6. The van der Waals surface area contributed by atoms with Gasteiger partial charge in [0.25, 0.3) is 11.2 Å². The van der Waals surface area contributed by atoms with Crippen LogP contribution < -0.4 is 10.9 Å². The molecule has 2 rings (SSSR count). The standard InChI is InChI=1S/C15H18N4O3/c1-2-3-8-16-10-12-9-14(17-18-15(12)20)11-4-6-13(7-5-11)19(21)22/h4-7,9,16H,2-3,8,10H2,1H3,(H,18,20). The summed E-state index contributed by atoms with van der Waals surface area (Å²) in [6.07, 6.45) is 2.14. The minimum Gasteiger partial charge on any atom is -0.312 e. The highest BCUT2D eigenvalue weighted by Crippen LogP contribution is 2.20. The van der Waals surface area contributed by atoms with Gasteiger partial charge in [0.15, 0.2) is 0 Å². The van der Waals surface area contributed by atoms with E-state index >= 15 is 0 Å². The summed E-state index contributed by atoms with van der Waals surface area (Å²) in [6.45, 7) is 3.43. The van der Waals surface area contributed by atoms with Gasteiger partial charge >= 0.3 is 0 Å². The van der Waals surface area contributed by atoms with E-state index in [4.69, 9.17) is 0 Å². The van der Waals surface area contributed by atoms with E-state index in [1.54, 1.807) is 18.2 Å². The fraction of sp³-hybridized carbons (Fsp3) is 0.333.